The van der Waals surface area contributed by atoms with Crippen LogP contribution in [0.2, 0.25) is 5.02 Å². The van der Waals surface area contributed by atoms with Crippen LogP contribution < -0.4 is 10.6 Å². The summed E-state index contributed by atoms with van der Waals surface area (Å²) in [6, 6.07) is 18.2. The number of carbonyl (C=O) groups excluding carboxylic acids is 2. The van der Waals surface area contributed by atoms with E-state index in [1.165, 1.54) is 17.7 Å². The molecule has 2 amide bonds. The third-order valence-electron chi connectivity index (χ3n) is 4.20. The van der Waals surface area contributed by atoms with Crippen molar-refractivity contribution in [2.45, 2.75) is 0 Å². The second-order valence-corrected chi connectivity index (χ2v) is 7.81. The Labute approximate surface area is 181 Å². The van der Waals surface area contributed by atoms with Gasteiger partial charge in [0.25, 0.3) is 5.91 Å². The first kappa shape index (κ1) is 19.8. The van der Waals surface area contributed by atoms with Crippen LogP contribution in [0.15, 0.2) is 73.3 Å². The van der Waals surface area contributed by atoms with Crippen molar-refractivity contribution in [2.75, 3.05) is 11.9 Å². The molecule has 0 bridgehead atoms. The second-order valence-electron chi connectivity index (χ2n) is 6.29. The van der Waals surface area contributed by atoms with Gasteiger partial charge in [0.2, 0.25) is 5.91 Å². The Morgan fingerprint density at radius 3 is 2.47 bits per heavy atom. The van der Waals surface area contributed by atoms with Gasteiger partial charge in [-0.2, -0.15) is 5.10 Å². The van der Waals surface area contributed by atoms with E-state index in [0.717, 1.165) is 16.1 Å². The van der Waals surface area contributed by atoms with E-state index in [0.29, 0.717) is 15.6 Å². The SMILES string of the molecule is O=C(CNC(=O)c1ccc(-c2ccc(Cl)cc2)s1)Nc1ccc(-n2cncn2)cc1. The zero-order chi connectivity index (χ0) is 20.9. The van der Waals surface area contributed by atoms with Crippen molar-refractivity contribution < 1.29 is 9.59 Å². The van der Waals surface area contributed by atoms with Crippen molar-refractivity contribution in [3.63, 3.8) is 0 Å². The molecule has 0 saturated heterocycles. The molecule has 4 aromatic rings. The van der Waals surface area contributed by atoms with Crippen LogP contribution in [0.4, 0.5) is 5.69 Å². The van der Waals surface area contributed by atoms with Gasteiger partial charge in [0.05, 0.1) is 17.1 Å². The van der Waals surface area contributed by atoms with Crippen molar-refractivity contribution in [2.24, 2.45) is 0 Å². The Balaban J connectivity index is 1.30. The second kappa shape index (κ2) is 8.89. The van der Waals surface area contributed by atoms with Gasteiger partial charge in [-0.3, -0.25) is 9.59 Å². The topological polar surface area (TPSA) is 88.9 Å². The molecule has 7 nitrogen and oxygen atoms in total. The molecule has 0 spiro atoms. The molecule has 30 heavy (non-hydrogen) atoms. The maximum atomic E-state index is 12.4. The first-order valence-corrected chi connectivity index (χ1v) is 10.2. The van der Waals surface area contributed by atoms with Crippen LogP contribution in [0.5, 0.6) is 0 Å². The molecule has 0 atom stereocenters. The Hall–Kier alpha value is -3.49. The van der Waals surface area contributed by atoms with Gasteiger partial charge in [0, 0.05) is 15.6 Å². The molecule has 2 N–H and O–H groups in total. The molecule has 0 aliphatic heterocycles. The van der Waals surface area contributed by atoms with Crippen molar-refractivity contribution in [3.8, 4) is 16.1 Å². The van der Waals surface area contributed by atoms with E-state index in [9.17, 15) is 9.59 Å². The van der Waals surface area contributed by atoms with Crippen molar-refractivity contribution >= 4 is 40.4 Å². The van der Waals surface area contributed by atoms with E-state index in [4.69, 9.17) is 11.6 Å². The van der Waals surface area contributed by atoms with E-state index < -0.39 is 0 Å². The summed E-state index contributed by atoms with van der Waals surface area (Å²) < 4.78 is 1.62. The summed E-state index contributed by atoms with van der Waals surface area (Å²) in [6.07, 6.45) is 3.04. The van der Waals surface area contributed by atoms with E-state index in [-0.39, 0.29) is 18.4 Å². The first-order chi connectivity index (χ1) is 14.6. The third-order valence-corrected chi connectivity index (χ3v) is 5.59. The zero-order valence-electron chi connectivity index (χ0n) is 15.6. The Kier molecular flexibility index (Phi) is 5.87. The Morgan fingerprint density at radius 1 is 1.00 bits per heavy atom. The van der Waals surface area contributed by atoms with Gasteiger partial charge in [-0.25, -0.2) is 9.67 Å². The maximum absolute atomic E-state index is 12.4. The number of nitrogens with zero attached hydrogens (tertiary/aromatic N) is 3. The predicted octanol–water partition coefficient (Wildman–Crippen LogP) is 4.02. The number of benzene rings is 2. The lowest BCUT2D eigenvalue weighted by Gasteiger charge is -2.07. The monoisotopic (exact) mass is 437 g/mol. The van der Waals surface area contributed by atoms with Gasteiger partial charge < -0.3 is 10.6 Å². The number of carbonyl (C=O) groups is 2. The average molecular weight is 438 g/mol. The lowest BCUT2D eigenvalue weighted by molar-refractivity contribution is -0.115. The van der Waals surface area contributed by atoms with Crippen LogP contribution in [0, 0.1) is 0 Å². The van der Waals surface area contributed by atoms with Gasteiger partial charge in [-0.15, -0.1) is 11.3 Å². The van der Waals surface area contributed by atoms with Crippen LogP contribution >= 0.6 is 22.9 Å². The molecule has 0 fully saturated rings. The zero-order valence-corrected chi connectivity index (χ0v) is 17.2. The van der Waals surface area contributed by atoms with E-state index >= 15 is 0 Å². The molecule has 0 saturated carbocycles. The van der Waals surface area contributed by atoms with Gasteiger partial charge >= 0.3 is 0 Å². The number of rotatable bonds is 6. The van der Waals surface area contributed by atoms with Crippen molar-refractivity contribution in [3.05, 3.63) is 83.2 Å². The minimum Gasteiger partial charge on any atom is -0.342 e. The number of amides is 2. The highest BCUT2D eigenvalue weighted by atomic mass is 35.5. The number of anilines is 1. The number of aromatic nitrogens is 3. The number of hydrogen-bond acceptors (Lipinski definition) is 5. The summed E-state index contributed by atoms with van der Waals surface area (Å²) in [6.45, 7) is -0.127. The fourth-order valence-corrected chi connectivity index (χ4v) is 3.78. The van der Waals surface area contributed by atoms with Gasteiger partial charge in [-0.1, -0.05) is 23.7 Å². The molecule has 0 radical (unpaired) electrons. The minimum atomic E-state index is -0.314. The van der Waals surface area contributed by atoms with E-state index in [2.05, 4.69) is 20.7 Å². The normalized spacial score (nSPS) is 10.6. The summed E-state index contributed by atoms with van der Waals surface area (Å²) in [5.41, 5.74) is 2.43. The minimum absolute atomic E-state index is 0.127. The van der Waals surface area contributed by atoms with E-state index in [1.807, 2.05) is 30.3 Å². The molecule has 9 heteroatoms. The van der Waals surface area contributed by atoms with Gasteiger partial charge in [0.15, 0.2) is 0 Å². The summed E-state index contributed by atoms with van der Waals surface area (Å²) in [7, 11) is 0. The van der Waals surface area contributed by atoms with Gasteiger partial charge in [0.1, 0.15) is 12.7 Å². The average Bonchev–Trinajstić information content (AvgIpc) is 3.46. The predicted molar refractivity (Wildman–Crippen MR) is 117 cm³/mol. The summed E-state index contributed by atoms with van der Waals surface area (Å²) in [4.78, 5) is 29.9. The highest BCUT2D eigenvalue weighted by Crippen LogP contribution is 2.29. The quantitative estimate of drug-likeness (QED) is 0.477. The summed E-state index contributed by atoms with van der Waals surface area (Å²) in [5.74, 6) is -0.608. The number of hydrogen-bond donors (Lipinski definition) is 2. The lowest BCUT2D eigenvalue weighted by Crippen LogP contribution is -2.32. The molecular formula is C21H16ClN5O2S. The molecule has 2 aromatic carbocycles. The van der Waals surface area contributed by atoms with Crippen LogP contribution in [-0.4, -0.2) is 33.1 Å². The molecule has 2 heterocycles. The molecule has 4 rings (SSSR count). The van der Waals surface area contributed by atoms with Crippen molar-refractivity contribution in [1.29, 1.82) is 0 Å². The smallest absolute Gasteiger partial charge is 0.261 e. The molecular weight excluding hydrogens is 422 g/mol. The number of halogens is 1. The van der Waals surface area contributed by atoms with E-state index in [1.54, 1.807) is 41.3 Å². The molecule has 2 aromatic heterocycles. The van der Waals surface area contributed by atoms with Crippen LogP contribution in [0.25, 0.3) is 16.1 Å². The molecule has 0 unspecified atom stereocenters. The molecule has 0 aliphatic rings. The lowest BCUT2D eigenvalue weighted by atomic mass is 10.2. The fraction of sp³-hybridized carbons (Fsp3) is 0.0476. The molecule has 150 valence electrons. The fourth-order valence-electron chi connectivity index (χ4n) is 2.72. The summed E-state index contributed by atoms with van der Waals surface area (Å²) in [5, 5.41) is 10.1. The van der Waals surface area contributed by atoms with Crippen molar-refractivity contribution in [1.82, 2.24) is 20.1 Å². The standard InChI is InChI=1S/C21H16ClN5O2S/c22-15-3-1-14(2-4-15)18-9-10-19(30-18)21(29)24-11-20(28)26-16-5-7-17(8-6-16)27-13-23-12-25-27/h1-10,12-13H,11H2,(H,24,29)(H,26,28). The number of thiophene rings is 1. The maximum Gasteiger partial charge on any atom is 0.261 e. The largest absolute Gasteiger partial charge is 0.342 e. The first-order valence-electron chi connectivity index (χ1n) is 8.97. The highest BCUT2D eigenvalue weighted by Gasteiger charge is 2.12. The van der Waals surface area contributed by atoms with Crippen LogP contribution in [0.1, 0.15) is 9.67 Å². The Bertz CT molecular complexity index is 1160. The van der Waals surface area contributed by atoms with Crippen LogP contribution in [-0.2, 0) is 4.79 Å². The number of nitrogens with one attached hydrogen (secondary N) is 2. The summed E-state index contributed by atoms with van der Waals surface area (Å²) >= 11 is 7.27. The third kappa shape index (κ3) is 4.73. The Morgan fingerprint density at radius 2 is 1.77 bits per heavy atom. The highest BCUT2D eigenvalue weighted by molar-refractivity contribution is 7.17. The van der Waals surface area contributed by atoms with Crippen LogP contribution in [0.3, 0.4) is 0 Å². The van der Waals surface area contributed by atoms with Gasteiger partial charge in [-0.05, 0) is 54.1 Å². The molecule has 0 aliphatic carbocycles.